The van der Waals surface area contributed by atoms with Crippen LogP contribution in [0.25, 0.3) is 17.7 Å². The Morgan fingerprint density at radius 2 is 1.82 bits per heavy atom. The molecule has 5 rings (SSSR count). The summed E-state index contributed by atoms with van der Waals surface area (Å²) in [4.78, 5) is 0.0897. The highest BCUT2D eigenvalue weighted by molar-refractivity contribution is 7.87. The summed E-state index contributed by atoms with van der Waals surface area (Å²) in [6.45, 7) is 8.79. The van der Waals surface area contributed by atoms with Gasteiger partial charge in [0.2, 0.25) is 0 Å². The molecule has 2 aliphatic rings. The molecule has 0 saturated heterocycles. The number of hydrogen-bond donors (Lipinski definition) is 0. The van der Waals surface area contributed by atoms with E-state index in [1.807, 2.05) is 63.3 Å². The van der Waals surface area contributed by atoms with Crippen LogP contribution in [0.1, 0.15) is 55.9 Å². The van der Waals surface area contributed by atoms with Crippen molar-refractivity contribution in [1.29, 1.82) is 0 Å². The van der Waals surface area contributed by atoms with E-state index in [0.717, 1.165) is 46.6 Å². The highest BCUT2D eigenvalue weighted by Gasteiger charge is 2.28. The van der Waals surface area contributed by atoms with Gasteiger partial charge in [-0.3, -0.25) is 0 Å². The minimum Gasteiger partial charge on any atom is -0.493 e. The largest absolute Gasteiger partial charge is 0.493 e. The molecule has 0 aromatic heterocycles. The van der Waals surface area contributed by atoms with Crippen LogP contribution in [0.4, 0.5) is 0 Å². The molecule has 0 spiro atoms. The molecule has 198 valence electrons. The Morgan fingerprint density at radius 1 is 1.03 bits per heavy atom. The summed E-state index contributed by atoms with van der Waals surface area (Å²) < 4.78 is 50.3. The van der Waals surface area contributed by atoms with Gasteiger partial charge in [0.05, 0.1) is 12.2 Å². The molecule has 38 heavy (non-hydrogen) atoms. The van der Waals surface area contributed by atoms with E-state index in [1.54, 1.807) is 30.3 Å². The van der Waals surface area contributed by atoms with Crippen molar-refractivity contribution < 1.29 is 26.8 Å². The van der Waals surface area contributed by atoms with Crippen molar-refractivity contribution >= 4 is 27.8 Å². The third-order valence-corrected chi connectivity index (χ3v) is 7.74. The summed E-state index contributed by atoms with van der Waals surface area (Å²) in [5.74, 6) is 2.26. The maximum absolute atomic E-state index is 13.2. The third kappa shape index (κ3) is 5.43. The molecule has 6 nitrogen and oxygen atoms in total. The molecule has 7 heteroatoms. The Morgan fingerprint density at radius 3 is 2.58 bits per heavy atom. The van der Waals surface area contributed by atoms with Gasteiger partial charge in [-0.05, 0) is 81.8 Å². The highest BCUT2D eigenvalue weighted by atomic mass is 32.2. The molecule has 0 bridgehead atoms. The Balaban J connectivity index is 1.52. The van der Waals surface area contributed by atoms with Gasteiger partial charge in [-0.25, -0.2) is 0 Å². The fourth-order valence-electron chi connectivity index (χ4n) is 4.39. The van der Waals surface area contributed by atoms with Crippen molar-refractivity contribution in [2.75, 3.05) is 13.2 Å². The van der Waals surface area contributed by atoms with E-state index >= 15 is 0 Å². The summed E-state index contributed by atoms with van der Waals surface area (Å²) in [7, 11) is -4.07. The molecular weight excluding hydrogens is 500 g/mol. The van der Waals surface area contributed by atoms with E-state index in [9.17, 15) is 8.42 Å². The van der Waals surface area contributed by atoms with Crippen LogP contribution in [0.5, 0.6) is 23.0 Å². The van der Waals surface area contributed by atoms with Crippen molar-refractivity contribution in [3.05, 3.63) is 82.9 Å². The zero-order chi connectivity index (χ0) is 26.9. The van der Waals surface area contributed by atoms with Gasteiger partial charge >= 0.3 is 10.1 Å². The lowest BCUT2D eigenvalue weighted by Gasteiger charge is -2.30. The molecule has 0 atom stereocenters. The molecular formula is C31H32O6S. The average molecular weight is 533 g/mol. The summed E-state index contributed by atoms with van der Waals surface area (Å²) >= 11 is 0. The fourth-order valence-corrected chi connectivity index (χ4v) is 5.33. The van der Waals surface area contributed by atoms with E-state index in [4.69, 9.17) is 18.4 Å². The molecule has 0 N–H and O–H groups in total. The molecule has 3 aromatic rings. The SMILES string of the molecule is CCCCOc1ccc(C2=Cc3ccc4c(c3OC2)C=CC(C)(C)O4)c(OS(=O)(=O)c2ccc(C)cc2)c1. The van der Waals surface area contributed by atoms with Crippen LogP contribution in [0.3, 0.4) is 0 Å². The molecule has 0 saturated carbocycles. The van der Waals surface area contributed by atoms with Crippen LogP contribution in [-0.2, 0) is 10.1 Å². The predicted octanol–water partition coefficient (Wildman–Crippen LogP) is 7.06. The first-order chi connectivity index (χ1) is 18.1. The van der Waals surface area contributed by atoms with Gasteiger partial charge in [0.15, 0.2) is 5.75 Å². The Labute approximate surface area is 224 Å². The van der Waals surface area contributed by atoms with Crippen molar-refractivity contribution in [2.45, 2.75) is 51.0 Å². The second-order valence-corrected chi connectivity index (χ2v) is 11.6. The Bertz CT molecular complexity index is 1510. The van der Waals surface area contributed by atoms with E-state index in [-0.39, 0.29) is 22.9 Å². The second kappa shape index (κ2) is 10.2. The van der Waals surface area contributed by atoms with Crippen LogP contribution >= 0.6 is 0 Å². The standard InChI is InChI=1S/C31H32O6S/c1-5-6-17-34-24-10-13-26(29(19-24)37-38(32,33)25-11-7-21(2)8-12-25)23-18-22-9-14-28-27(30(22)35-20-23)15-16-31(3,4)36-28/h7-16,18-19H,5-6,17,20H2,1-4H3. The second-order valence-electron chi connectivity index (χ2n) is 10.1. The van der Waals surface area contributed by atoms with Gasteiger partial charge in [-0.15, -0.1) is 0 Å². The highest BCUT2D eigenvalue weighted by Crippen LogP contribution is 2.44. The minimum absolute atomic E-state index is 0.0897. The van der Waals surface area contributed by atoms with Gasteiger partial charge < -0.3 is 18.4 Å². The van der Waals surface area contributed by atoms with Crippen LogP contribution in [0.15, 0.2) is 65.6 Å². The van der Waals surface area contributed by atoms with Gasteiger partial charge in [0, 0.05) is 22.8 Å². The zero-order valence-corrected chi connectivity index (χ0v) is 22.9. The van der Waals surface area contributed by atoms with Crippen LogP contribution < -0.4 is 18.4 Å². The van der Waals surface area contributed by atoms with E-state index in [2.05, 4.69) is 6.92 Å². The fraction of sp³-hybridized carbons (Fsp3) is 0.290. The van der Waals surface area contributed by atoms with Crippen molar-refractivity contribution in [2.24, 2.45) is 0 Å². The maximum Gasteiger partial charge on any atom is 0.339 e. The van der Waals surface area contributed by atoms with Gasteiger partial charge in [0.25, 0.3) is 0 Å². The number of ether oxygens (including phenoxy) is 3. The third-order valence-electron chi connectivity index (χ3n) is 6.49. The molecule has 0 amide bonds. The first kappa shape index (κ1) is 25.9. The van der Waals surface area contributed by atoms with Gasteiger partial charge in [-0.1, -0.05) is 31.0 Å². The molecule has 0 radical (unpaired) electrons. The van der Waals surface area contributed by atoms with Gasteiger partial charge in [0.1, 0.15) is 34.4 Å². The number of hydrogen-bond acceptors (Lipinski definition) is 6. The van der Waals surface area contributed by atoms with E-state index < -0.39 is 10.1 Å². The summed E-state index contributed by atoms with van der Waals surface area (Å²) in [5, 5.41) is 0. The summed E-state index contributed by atoms with van der Waals surface area (Å²) in [6, 6.07) is 15.8. The number of benzene rings is 3. The molecule has 0 fully saturated rings. The van der Waals surface area contributed by atoms with Crippen molar-refractivity contribution in [3.63, 3.8) is 0 Å². The molecule has 0 unspecified atom stereocenters. The van der Waals surface area contributed by atoms with Gasteiger partial charge in [-0.2, -0.15) is 8.42 Å². The summed E-state index contributed by atoms with van der Waals surface area (Å²) in [5.41, 5.74) is 3.79. The van der Waals surface area contributed by atoms with Crippen molar-refractivity contribution in [3.8, 4) is 23.0 Å². The van der Waals surface area contributed by atoms with Crippen LogP contribution in [-0.4, -0.2) is 27.2 Å². The van der Waals surface area contributed by atoms with Crippen LogP contribution in [0, 0.1) is 6.92 Å². The lowest BCUT2D eigenvalue weighted by Crippen LogP contribution is -2.27. The zero-order valence-electron chi connectivity index (χ0n) is 22.1. The lowest BCUT2D eigenvalue weighted by atomic mass is 9.95. The molecule has 2 heterocycles. The lowest BCUT2D eigenvalue weighted by molar-refractivity contribution is 0.158. The Hall–Kier alpha value is -3.71. The topological polar surface area (TPSA) is 71.1 Å². The molecule has 2 aliphatic heterocycles. The first-order valence-corrected chi connectivity index (χ1v) is 14.2. The first-order valence-electron chi connectivity index (χ1n) is 12.8. The smallest absolute Gasteiger partial charge is 0.339 e. The number of unbranched alkanes of at least 4 members (excludes halogenated alkanes) is 1. The Kier molecular flexibility index (Phi) is 6.97. The number of fused-ring (bicyclic) bond motifs is 3. The normalized spacial score (nSPS) is 15.4. The monoisotopic (exact) mass is 532 g/mol. The summed E-state index contributed by atoms with van der Waals surface area (Å²) in [6.07, 6.45) is 7.94. The predicted molar refractivity (Wildman–Crippen MR) is 149 cm³/mol. The minimum atomic E-state index is -4.07. The molecule has 3 aromatic carbocycles. The quantitative estimate of drug-likeness (QED) is 0.228. The van der Waals surface area contributed by atoms with Crippen LogP contribution in [0.2, 0.25) is 0 Å². The number of rotatable bonds is 8. The molecule has 0 aliphatic carbocycles. The van der Waals surface area contributed by atoms with E-state index in [0.29, 0.717) is 17.9 Å². The average Bonchev–Trinajstić information content (AvgIpc) is 2.88. The number of aryl methyl sites for hydroxylation is 1. The van der Waals surface area contributed by atoms with E-state index in [1.165, 1.54) is 0 Å². The van der Waals surface area contributed by atoms with Crippen molar-refractivity contribution in [1.82, 2.24) is 0 Å². The maximum atomic E-state index is 13.2.